The first-order valence-electron chi connectivity index (χ1n) is 12.2. The van der Waals surface area contributed by atoms with E-state index in [-0.39, 0.29) is 16.7 Å². The predicted molar refractivity (Wildman–Crippen MR) is 120 cm³/mol. The molecule has 5 rings (SSSR count). The van der Waals surface area contributed by atoms with E-state index in [2.05, 4.69) is 4.90 Å². The van der Waals surface area contributed by atoms with Crippen LogP contribution in [0.3, 0.4) is 0 Å². The quantitative estimate of drug-likeness (QED) is 0.689. The Morgan fingerprint density at radius 3 is 2.34 bits per heavy atom. The highest BCUT2D eigenvalue weighted by Gasteiger charge is 2.38. The van der Waals surface area contributed by atoms with Crippen LogP contribution in [0.1, 0.15) is 51.4 Å². The third-order valence-corrected chi connectivity index (χ3v) is 9.66. The van der Waals surface area contributed by atoms with Crippen LogP contribution in [0.25, 0.3) is 0 Å². The van der Waals surface area contributed by atoms with Gasteiger partial charge in [0.25, 0.3) is 0 Å². The van der Waals surface area contributed by atoms with E-state index >= 15 is 0 Å². The lowest BCUT2D eigenvalue weighted by Crippen LogP contribution is -2.49. The Hall–Kier alpha value is -1.80. The molecule has 8 heteroatoms. The highest BCUT2D eigenvalue weighted by atomic mass is 32.2. The monoisotopic (exact) mass is 462 g/mol. The molecule has 1 saturated carbocycles. The van der Waals surface area contributed by atoms with Gasteiger partial charge in [0.05, 0.1) is 18.1 Å². The fourth-order valence-corrected chi connectivity index (χ4v) is 7.34. The molecule has 0 aromatic heterocycles. The largest absolute Gasteiger partial charge is 0.490 e. The molecule has 2 saturated heterocycles. The Morgan fingerprint density at radius 1 is 0.844 bits per heavy atom. The second kappa shape index (κ2) is 9.21. The van der Waals surface area contributed by atoms with E-state index in [1.807, 2.05) is 0 Å². The Morgan fingerprint density at radius 2 is 1.56 bits per heavy atom. The standard InChI is InChI=1S/C24H34N2O5S/c27-24(25-11-8-18-4-1-2-5-20(18)17-25)19-9-12-26(13-10-19)32(28,29)21-6-7-22-23(16-21)31-15-3-14-30-22/h6-7,16,18-20H,1-5,8-15,17H2/t18-,20-/m1/s1. The first kappa shape index (κ1) is 22.0. The normalized spacial score (nSPS) is 27.4. The van der Waals surface area contributed by atoms with E-state index in [9.17, 15) is 13.2 Å². The molecule has 1 aromatic rings. The molecule has 1 aliphatic carbocycles. The maximum atomic E-state index is 13.2. The number of ether oxygens (including phenoxy) is 2. The van der Waals surface area contributed by atoms with Crippen LogP contribution in [0, 0.1) is 17.8 Å². The number of rotatable bonds is 3. The first-order chi connectivity index (χ1) is 15.5. The van der Waals surface area contributed by atoms with Gasteiger partial charge in [0.2, 0.25) is 15.9 Å². The van der Waals surface area contributed by atoms with Gasteiger partial charge in [0, 0.05) is 44.6 Å². The summed E-state index contributed by atoms with van der Waals surface area (Å²) in [4.78, 5) is 15.5. The van der Waals surface area contributed by atoms with Crippen molar-refractivity contribution in [2.45, 2.75) is 56.3 Å². The molecular weight excluding hydrogens is 428 g/mol. The molecule has 0 unspecified atom stereocenters. The van der Waals surface area contributed by atoms with Gasteiger partial charge >= 0.3 is 0 Å². The number of likely N-dealkylation sites (tertiary alicyclic amines) is 1. The van der Waals surface area contributed by atoms with Gasteiger partial charge in [0.1, 0.15) is 0 Å². The summed E-state index contributed by atoms with van der Waals surface area (Å²) in [6, 6.07) is 4.84. The summed E-state index contributed by atoms with van der Waals surface area (Å²) in [6.07, 6.45) is 8.29. The van der Waals surface area contributed by atoms with Crippen molar-refractivity contribution in [3.8, 4) is 11.5 Å². The lowest BCUT2D eigenvalue weighted by molar-refractivity contribution is -0.139. The van der Waals surface area contributed by atoms with E-state index in [0.29, 0.717) is 56.6 Å². The zero-order valence-corrected chi connectivity index (χ0v) is 19.5. The number of hydrogen-bond donors (Lipinski definition) is 0. The van der Waals surface area contributed by atoms with Crippen LogP contribution in [0.15, 0.2) is 23.1 Å². The minimum Gasteiger partial charge on any atom is -0.490 e. The fraction of sp³-hybridized carbons (Fsp3) is 0.708. The maximum Gasteiger partial charge on any atom is 0.243 e. The van der Waals surface area contributed by atoms with Crippen LogP contribution < -0.4 is 9.47 Å². The molecule has 32 heavy (non-hydrogen) atoms. The Kier molecular flexibility index (Phi) is 6.34. The van der Waals surface area contributed by atoms with Crippen molar-refractivity contribution in [2.75, 3.05) is 39.4 Å². The summed E-state index contributed by atoms with van der Waals surface area (Å²) >= 11 is 0. The lowest BCUT2D eigenvalue weighted by atomic mass is 9.75. The number of hydrogen-bond acceptors (Lipinski definition) is 5. The first-order valence-corrected chi connectivity index (χ1v) is 13.6. The number of fused-ring (bicyclic) bond motifs is 2. The van der Waals surface area contributed by atoms with Gasteiger partial charge in [-0.2, -0.15) is 4.31 Å². The summed E-state index contributed by atoms with van der Waals surface area (Å²) < 4.78 is 39.3. The molecule has 0 bridgehead atoms. The molecule has 3 heterocycles. The smallest absolute Gasteiger partial charge is 0.243 e. The molecular formula is C24H34N2O5S. The number of carbonyl (C=O) groups is 1. The number of nitrogens with zero attached hydrogens (tertiary/aromatic N) is 2. The van der Waals surface area contributed by atoms with Crippen LogP contribution in [-0.4, -0.2) is 62.9 Å². The average Bonchev–Trinajstić information content (AvgIpc) is 3.08. The maximum absolute atomic E-state index is 13.2. The van der Waals surface area contributed by atoms with Gasteiger partial charge < -0.3 is 14.4 Å². The van der Waals surface area contributed by atoms with Crippen molar-refractivity contribution in [1.82, 2.24) is 9.21 Å². The van der Waals surface area contributed by atoms with Crippen LogP contribution >= 0.6 is 0 Å². The lowest BCUT2D eigenvalue weighted by Gasteiger charge is -2.43. The van der Waals surface area contributed by atoms with Crippen molar-refractivity contribution in [3.63, 3.8) is 0 Å². The van der Waals surface area contributed by atoms with Crippen molar-refractivity contribution in [1.29, 1.82) is 0 Å². The predicted octanol–water partition coefficient (Wildman–Crippen LogP) is 3.29. The van der Waals surface area contributed by atoms with E-state index in [4.69, 9.17) is 9.47 Å². The molecule has 4 aliphatic rings. The summed E-state index contributed by atoms with van der Waals surface area (Å²) in [7, 11) is -3.62. The molecule has 0 spiro atoms. The molecule has 0 N–H and O–H groups in total. The summed E-state index contributed by atoms with van der Waals surface area (Å²) in [5.41, 5.74) is 0. The van der Waals surface area contributed by atoms with Crippen molar-refractivity contribution in [3.05, 3.63) is 18.2 Å². The molecule has 1 aromatic carbocycles. The van der Waals surface area contributed by atoms with Gasteiger partial charge in [0.15, 0.2) is 11.5 Å². The summed E-state index contributed by atoms with van der Waals surface area (Å²) in [5.74, 6) is 2.72. The number of piperidine rings is 2. The van der Waals surface area contributed by atoms with E-state index in [0.717, 1.165) is 31.8 Å². The summed E-state index contributed by atoms with van der Waals surface area (Å²) in [5, 5.41) is 0. The van der Waals surface area contributed by atoms with Crippen LogP contribution in [-0.2, 0) is 14.8 Å². The van der Waals surface area contributed by atoms with E-state index in [1.165, 1.54) is 30.0 Å². The second-order valence-corrected chi connectivity index (χ2v) is 11.7. The highest BCUT2D eigenvalue weighted by molar-refractivity contribution is 7.89. The minimum absolute atomic E-state index is 0.0645. The number of carbonyl (C=O) groups excluding carboxylic acids is 1. The minimum atomic E-state index is -3.62. The Bertz CT molecular complexity index is 942. The zero-order valence-electron chi connectivity index (χ0n) is 18.7. The third-order valence-electron chi connectivity index (χ3n) is 7.76. The van der Waals surface area contributed by atoms with Crippen molar-refractivity contribution < 1.29 is 22.7 Å². The highest BCUT2D eigenvalue weighted by Crippen LogP contribution is 2.37. The molecule has 176 valence electrons. The topological polar surface area (TPSA) is 76.2 Å². The fourth-order valence-electron chi connectivity index (χ4n) is 5.86. The van der Waals surface area contributed by atoms with Crippen LogP contribution in [0.2, 0.25) is 0 Å². The van der Waals surface area contributed by atoms with Crippen LogP contribution in [0.5, 0.6) is 11.5 Å². The van der Waals surface area contributed by atoms with Crippen molar-refractivity contribution >= 4 is 15.9 Å². The number of benzene rings is 1. The third kappa shape index (κ3) is 4.36. The van der Waals surface area contributed by atoms with Gasteiger partial charge in [-0.15, -0.1) is 0 Å². The average molecular weight is 463 g/mol. The Labute approximate surface area is 191 Å². The van der Waals surface area contributed by atoms with Crippen LogP contribution in [0.4, 0.5) is 0 Å². The van der Waals surface area contributed by atoms with Gasteiger partial charge in [-0.1, -0.05) is 19.3 Å². The SMILES string of the molecule is O=C(C1CCN(S(=O)(=O)c2ccc3c(c2)OCCCO3)CC1)N1CC[C@H]2CCCC[C@@H]2C1. The van der Waals surface area contributed by atoms with Gasteiger partial charge in [-0.3, -0.25) is 4.79 Å². The van der Waals surface area contributed by atoms with E-state index in [1.54, 1.807) is 18.2 Å². The molecule has 3 aliphatic heterocycles. The summed E-state index contributed by atoms with van der Waals surface area (Å²) in [6.45, 7) is 3.62. The molecule has 0 radical (unpaired) electrons. The van der Waals surface area contributed by atoms with Gasteiger partial charge in [-0.25, -0.2) is 8.42 Å². The van der Waals surface area contributed by atoms with Gasteiger partial charge in [-0.05, 0) is 49.7 Å². The molecule has 7 nitrogen and oxygen atoms in total. The number of sulfonamides is 1. The zero-order chi connectivity index (χ0) is 22.1. The van der Waals surface area contributed by atoms with Crippen molar-refractivity contribution in [2.24, 2.45) is 17.8 Å². The van der Waals surface area contributed by atoms with E-state index < -0.39 is 10.0 Å². The second-order valence-electron chi connectivity index (χ2n) is 9.71. The molecule has 1 amide bonds. The molecule has 2 atom stereocenters. The number of amides is 1. The Balaban J connectivity index is 1.20. The molecule has 3 fully saturated rings.